The van der Waals surface area contributed by atoms with E-state index in [-0.39, 0.29) is 19.9 Å². The zero-order valence-corrected chi connectivity index (χ0v) is 17.2. The van der Waals surface area contributed by atoms with Crippen molar-refractivity contribution >= 4 is 11.6 Å². The molecule has 1 aliphatic heterocycles. The molecule has 1 N–H and O–H groups in total. The van der Waals surface area contributed by atoms with Crippen LogP contribution in [0.3, 0.4) is 0 Å². The molecule has 0 radical (unpaired) electrons. The van der Waals surface area contributed by atoms with E-state index in [0.29, 0.717) is 29.0 Å². The number of carbonyl (C=O) groups is 1. The van der Waals surface area contributed by atoms with E-state index in [2.05, 4.69) is 34.0 Å². The van der Waals surface area contributed by atoms with Crippen molar-refractivity contribution in [1.82, 2.24) is 15.3 Å². The maximum Gasteiger partial charge on any atom is 0.242 e. The van der Waals surface area contributed by atoms with Crippen LogP contribution in [-0.4, -0.2) is 47.9 Å². The molecule has 160 valence electrons. The van der Waals surface area contributed by atoms with Crippen LogP contribution in [0.15, 0.2) is 30.5 Å². The van der Waals surface area contributed by atoms with Crippen LogP contribution in [0.1, 0.15) is 50.4 Å². The third kappa shape index (κ3) is 5.35. The smallest absolute Gasteiger partial charge is 0.242 e. The number of aromatic nitrogens is 2. The van der Waals surface area contributed by atoms with Gasteiger partial charge in [0.2, 0.25) is 12.2 Å². The summed E-state index contributed by atoms with van der Waals surface area (Å²) in [6.45, 7) is 8.46. The first-order chi connectivity index (χ1) is 13.8. The molecule has 0 unspecified atom stereocenters. The Morgan fingerprint density at radius 2 is 2.14 bits per heavy atom. The Morgan fingerprint density at radius 1 is 1.34 bits per heavy atom. The van der Waals surface area contributed by atoms with E-state index < -0.39 is 12.8 Å². The highest BCUT2D eigenvalue weighted by molar-refractivity contribution is 6.09. The lowest BCUT2D eigenvalue weighted by atomic mass is 10.00. The second-order valence-electron chi connectivity index (χ2n) is 7.96. The van der Waals surface area contributed by atoms with Gasteiger partial charge >= 0.3 is 0 Å². The average Bonchev–Trinajstić information content (AvgIpc) is 2.67. The standard InChI is InChI=1S/C22H28F2N4O.2H2/c1-14(2)11-17-13-28(10-9-26-17)20-7-6-16(12-19(23)24)21(27-20)22(29)18-5-4-8-25-15(18)3;;/h4-8,14,17,19,26H,9-13H2,1-3H3;2*1H/t17-;;/m0../s1. The Kier molecular flexibility index (Phi) is 6.90. The molecule has 0 saturated carbocycles. The van der Waals surface area contributed by atoms with Gasteiger partial charge in [-0.25, -0.2) is 13.8 Å². The van der Waals surface area contributed by atoms with Crippen LogP contribution in [0.25, 0.3) is 0 Å². The van der Waals surface area contributed by atoms with Crippen LogP contribution in [0.2, 0.25) is 0 Å². The maximum absolute atomic E-state index is 13.1. The summed E-state index contributed by atoms with van der Waals surface area (Å²) in [6, 6.07) is 7.04. The fourth-order valence-electron chi connectivity index (χ4n) is 3.79. The van der Waals surface area contributed by atoms with Gasteiger partial charge in [0.1, 0.15) is 11.5 Å². The second kappa shape index (κ2) is 9.39. The van der Waals surface area contributed by atoms with Gasteiger partial charge < -0.3 is 10.2 Å². The average molecular weight is 407 g/mol. The van der Waals surface area contributed by atoms with Crippen molar-refractivity contribution in [3.63, 3.8) is 0 Å². The van der Waals surface area contributed by atoms with E-state index >= 15 is 0 Å². The molecule has 5 nitrogen and oxygen atoms in total. The summed E-state index contributed by atoms with van der Waals surface area (Å²) in [5.74, 6) is 0.865. The summed E-state index contributed by atoms with van der Waals surface area (Å²) in [6.07, 6.45) is -0.393. The number of halogens is 2. The highest BCUT2D eigenvalue weighted by Crippen LogP contribution is 2.23. The summed E-state index contributed by atoms with van der Waals surface area (Å²) >= 11 is 0. The predicted molar refractivity (Wildman–Crippen MR) is 114 cm³/mol. The van der Waals surface area contributed by atoms with Crippen LogP contribution < -0.4 is 10.2 Å². The summed E-state index contributed by atoms with van der Waals surface area (Å²) < 4.78 is 26.2. The molecular weight excluding hydrogens is 374 g/mol. The number of pyridine rings is 2. The van der Waals surface area contributed by atoms with Crippen molar-refractivity contribution in [3.05, 3.63) is 53.0 Å². The van der Waals surface area contributed by atoms with Crippen LogP contribution in [0, 0.1) is 12.8 Å². The number of anilines is 1. The van der Waals surface area contributed by atoms with Gasteiger partial charge in [0.15, 0.2) is 0 Å². The minimum absolute atomic E-state index is 0. The zero-order chi connectivity index (χ0) is 21.0. The number of piperazine rings is 1. The van der Waals surface area contributed by atoms with Gasteiger partial charge in [0.25, 0.3) is 0 Å². The number of rotatable bonds is 7. The Morgan fingerprint density at radius 3 is 2.83 bits per heavy atom. The topological polar surface area (TPSA) is 58.1 Å². The number of nitrogens with zero attached hydrogens (tertiary/aromatic N) is 3. The molecule has 0 aromatic carbocycles. The minimum atomic E-state index is -2.54. The van der Waals surface area contributed by atoms with Crippen LogP contribution in [0.4, 0.5) is 14.6 Å². The lowest BCUT2D eigenvalue weighted by Gasteiger charge is -2.35. The van der Waals surface area contributed by atoms with Crippen molar-refractivity contribution in [2.75, 3.05) is 24.5 Å². The van der Waals surface area contributed by atoms with E-state index in [1.54, 1.807) is 37.4 Å². The molecule has 0 amide bonds. The largest absolute Gasteiger partial charge is 0.354 e. The highest BCUT2D eigenvalue weighted by Gasteiger charge is 2.25. The van der Waals surface area contributed by atoms with E-state index in [1.165, 1.54) is 0 Å². The molecule has 0 spiro atoms. The van der Waals surface area contributed by atoms with Crippen LogP contribution in [0.5, 0.6) is 0 Å². The summed E-state index contributed by atoms with van der Waals surface area (Å²) in [4.78, 5) is 24.0. The first-order valence-electron chi connectivity index (χ1n) is 10.1. The SMILES string of the molecule is Cc1ncccc1C(=O)c1nc(N2CCN[C@@H](CC(C)C)C2)ccc1CC(F)F.[HH].[HH]. The number of ketones is 1. The zero-order valence-electron chi connectivity index (χ0n) is 17.2. The lowest BCUT2D eigenvalue weighted by Crippen LogP contribution is -2.51. The molecule has 1 fully saturated rings. The highest BCUT2D eigenvalue weighted by atomic mass is 19.3. The molecule has 3 heterocycles. The molecular formula is C22H32F2N4O. The molecule has 7 heteroatoms. The quantitative estimate of drug-likeness (QED) is 0.701. The summed E-state index contributed by atoms with van der Waals surface area (Å²) in [5, 5.41) is 3.51. The normalized spacial score (nSPS) is 17.2. The fourth-order valence-corrected chi connectivity index (χ4v) is 3.79. The Labute approximate surface area is 173 Å². The summed E-state index contributed by atoms with van der Waals surface area (Å²) in [7, 11) is 0. The number of hydrogen-bond acceptors (Lipinski definition) is 5. The molecule has 3 rings (SSSR count). The second-order valence-corrected chi connectivity index (χ2v) is 7.96. The van der Waals surface area contributed by atoms with Crippen LogP contribution in [-0.2, 0) is 6.42 Å². The predicted octanol–water partition coefficient (Wildman–Crippen LogP) is 4.14. The van der Waals surface area contributed by atoms with Gasteiger partial charge in [-0.2, -0.15) is 0 Å². The Hall–Kier alpha value is -2.41. The van der Waals surface area contributed by atoms with Crippen molar-refractivity contribution < 1.29 is 16.4 Å². The van der Waals surface area contributed by atoms with E-state index in [4.69, 9.17) is 0 Å². The van der Waals surface area contributed by atoms with Crippen molar-refractivity contribution in [2.24, 2.45) is 5.92 Å². The van der Waals surface area contributed by atoms with E-state index in [9.17, 15) is 13.6 Å². The monoisotopic (exact) mass is 406 g/mol. The molecule has 2 aromatic rings. The molecule has 1 aliphatic rings. The third-order valence-corrected chi connectivity index (χ3v) is 5.14. The summed E-state index contributed by atoms with van der Waals surface area (Å²) in [5.41, 5.74) is 1.32. The Balaban J connectivity index is 0.00000240. The van der Waals surface area contributed by atoms with E-state index in [1.807, 2.05) is 0 Å². The van der Waals surface area contributed by atoms with Gasteiger partial charge in [-0.05, 0) is 43.0 Å². The number of nitrogens with one attached hydrogen (secondary N) is 1. The van der Waals surface area contributed by atoms with Crippen molar-refractivity contribution in [2.45, 2.75) is 46.1 Å². The Bertz CT molecular complexity index is 867. The van der Waals surface area contributed by atoms with Gasteiger partial charge in [0.05, 0.1) is 0 Å². The molecule has 0 aliphatic carbocycles. The minimum Gasteiger partial charge on any atom is -0.354 e. The molecule has 0 bridgehead atoms. The number of hydrogen-bond donors (Lipinski definition) is 1. The maximum atomic E-state index is 13.1. The van der Waals surface area contributed by atoms with E-state index in [0.717, 1.165) is 26.1 Å². The van der Waals surface area contributed by atoms with Gasteiger partial charge in [0, 0.05) is 52.4 Å². The number of carbonyl (C=O) groups excluding carboxylic acids is 1. The lowest BCUT2D eigenvalue weighted by molar-refractivity contribution is 0.103. The van der Waals surface area contributed by atoms with Crippen LogP contribution >= 0.6 is 0 Å². The first-order valence-corrected chi connectivity index (χ1v) is 10.1. The van der Waals surface area contributed by atoms with Gasteiger partial charge in [-0.1, -0.05) is 19.9 Å². The first kappa shape index (κ1) is 21.3. The van der Waals surface area contributed by atoms with Gasteiger partial charge in [-0.3, -0.25) is 9.78 Å². The number of aryl methyl sites for hydroxylation is 1. The van der Waals surface area contributed by atoms with Crippen molar-refractivity contribution in [3.8, 4) is 0 Å². The fraction of sp³-hybridized carbons (Fsp3) is 0.500. The van der Waals surface area contributed by atoms with Gasteiger partial charge in [-0.15, -0.1) is 0 Å². The molecule has 29 heavy (non-hydrogen) atoms. The number of alkyl halides is 2. The third-order valence-electron chi connectivity index (χ3n) is 5.14. The molecule has 2 aromatic heterocycles. The molecule has 1 atom stereocenters. The van der Waals surface area contributed by atoms with Crippen molar-refractivity contribution in [1.29, 1.82) is 0 Å². The molecule has 1 saturated heterocycles.